The second-order valence-corrected chi connectivity index (χ2v) is 3.49. The smallest absolute Gasteiger partial charge is 0.346 e. The zero-order valence-corrected chi connectivity index (χ0v) is 8.52. The van der Waals surface area contributed by atoms with Crippen molar-refractivity contribution in [1.82, 2.24) is 9.97 Å². The third-order valence-corrected chi connectivity index (χ3v) is 1.92. The first-order valence-electron chi connectivity index (χ1n) is 4.55. The summed E-state index contributed by atoms with van der Waals surface area (Å²) >= 11 is 0. The molecule has 0 unspecified atom stereocenters. The third-order valence-electron chi connectivity index (χ3n) is 1.92. The van der Waals surface area contributed by atoms with Gasteiger partial charge in [-0.1, -0.05) is 13.8 Å². The van der Waals surface area contributed by atoms with Crippen LogP contribution < -0.4 is 11.0 Å². The van der Waals surface area contributed by atoms with Gasteiger partial charge in [-0.05, 0) is 12.0 Å². The highest BCUT2D eigenvalue weighted by atomic mass is 16.4. The fraction of sp³-hybridized carbons (Fsp3) is 0.444. The Hall–Kier alpha value is -1.85. The maximum absolute atomic E-state index is 10.9. The molecule has 6 nitrogen and oxygen atoms in total. The molecule has 1 aromatic rings. The summed E-state index contributed by atoms with van der Waals surface area (Å²) < 4.78 is 0. The lowest BCUT2D eigenvalue weighted by Gasteiger charge is -2.18. The number of rotatable bonds is 4. The van der Waals surface area contributed by atoms with Gasteiger partial charge in [0.2, 0.25) is 0 Å². The van der Waals surface area contributed by atoms with Crippen LogP contribution in [0, 0.1) is 5.92 Å². The lowest BCUT2D eigenvalue weighted by atomic mass is 10.1. The van der Waals surface area contributed by atoms with E-state index in [4.69, 9.17) is 5.11 Å². The van der Waals surface area contributed by atoms with E-state index in [2.05, 4.69) is 15.3 Å². The van der Waals surface area contributed by atoms with Crippen LogP contribution >= 0.6 is 0 Å². The van der Waals surface area contributed by atoms with E-state index < -0.39 is 17.7 Å². The SMILES string of the molecule is CC(C)[C@H](Nc1ccnc(=O)[nH]1)C(=O)O. The molecule has 0 bridgehead atoms. The summed E-state index contributed by atoms with van der Waals surface area (Å²) in [6.07, 6.45) is 1.32. The summed E-state index contributed by atoms with van der Waals surface area (Å²) in [6, 6.07) is 0.780. The van der Waals surface area contributed by atoms with Gasteiger partial charge < -0.3 is 10.4 Å². The monoisotopic (exact) mass is 211 g/mol. The molecule has 15 heavy (non-hydrogen) atoms. The fourth-order valence-electron chi connectivity index (χ4n) is 1.13. The van der Waals surface area contributed by atoms with Gasteiger partial charge in [-0.2, -0.15) is 0 Å². The number of aliphatic carboxylic acids is 1. The zero-order valence-electron chi connectivity index (χ0n) is 8.52. The van der Waals surface area contributed by atoms with Gasteiger partial charge >= 0.3 is 11.7 Å². The normalized spacial score (nSPS) is 12.5. The number of nitrogens with zero attached hydrogens (tertiary/aromatic N) is 1. The largest absolute Gasteiger partial charge is 0.480 e. The standard InChI is InChI=1S/C9H13N3O3/c1-5(2)7(8(13)14)11-6-3-4-10-9(15)12-6/h3-5,7H,1-2H3,(H,13,14)(H2,10,11,12,15)/t7-/m0/s1. The van der Waals surface area contributed by atoms with Crippen LogP contribution in [0.15, 0.2) is 17.1 Å². The summed E-state index contributed by atoms with van der Waals surface area (Å²) in [5, 5.41) is 11.6. The van der Waals surface area contributed by atoms with E-state index in [0.717, 1.165) is 0 Å². The number of aromatic nitrogens is 2. The van der Waals surface area contributed by atoms with Gasteiger partial charge in [0, 0.05) is 6.20 Å². The first-order valence-corrected chi connectivity index (χ1v) is 4.55. The van der Waals surface area contributed by atoms with Crippen LogP contribution in [0.5, 0.6) is 0 Å². The van der Waals surface area contributed by atoms with Crippen molar-refractivity contribution in [2.75, 3.05) is 5.32 Å². The Morgan fingerprint density at radius 2 is 2.27 bits per heavy atom. The minimum absolute atomic E-state index is 0.0841. The molecule has 0 aliphatic heterocycles. The average molecular weight is 211 g/mol. The van der Waals surface area contributed by atoms with Gasteiger partial charge in [0.25, 0.3) is 0 Å². The quantitative estimate of drug-likeness (QED) is 0.665. The molecule has 1 aromatic heterocycles. The number of carboxylic acid groups (broad SMARTS) is 1. The van der Waals surface area contributed by atoms with Crippen molar-refractivity contribution in [3.05, 3.63) is 22.7 Å². The predicted molar refractivity (Wildman–Crippen MR) is 54.7 cm³/mol. The highest BCUT2D eigenvalue weighted by Crippen LogP contribution is 2.08. The third kappa shape index (κ3) is 3.08. The number of anilines is 1. The summed E-state index contributed by atoms with van der Waals surface area (Å²) in [6.45, 7) is 3.57. The number of aromatic amines is 1. The Labute approximate surface area is 86.4 Å². The molecule has 0 amide bonds. The van der Waals surface area contributed by atoms with Gasteiger partial charge in [0.1, 0.15) is 11.9 Å². The lowest BCUT2D eigenvalue weighted by molar-refractivity contribution is -0.138. The molecule has 0 saturated carbocycles. The number of hydrogen-bond acceptors (Lipinski definition) is 4. The van der Waals surface area contributed by atoms with Crippen molar-refractivity contribution >= 4 is 11.8 Å². The van der Waals surface area contributed by atoms with Crippen molar-refractivity contribution in [3.63, 3.8) is 0 Å². The number of carboxylic acids is 1. The van der Waals surface area contributed by atoms with Crippen LogP contribution in [0.25, 0.3) is 0 Å². The fourth-order valence-corrected chi connectivity index (χ4v) is 1.13. The molecule has 3 N–H and O–H groups in total. The molecule has 0 aromatic carbocycles. The van der Waals surface area contributed by atoms with E-state index in [1.807, 2.05) is 0 Å². The molecule has 0 aliphatic rings. The van der Waals surface area contributed by atoms with E-state index in [0.29, 0.717) is 5.82 Å². The van der Waals surface area contributed by atoms with E-state index in [-0.39, 0.29) is 5.92 Å². The Morgan fingerprint density at radius 1 is 1.60 bits per heavy atom. The van der Waals surface area contributed by atoms with Crippen LogP contribution in [0.3, 0.4) is 0 Å². The second-order valence-electron chi connectivity index (χ2n) is 3.49. The van der Waals surface area contributed by atoms with Crippen LogP contribution in [0.2, 0.25) is 0 Å². The molecule has 0 aliphatic carbocycles. The highest BCUT2D eigenvalue weighted by Gasteiger charge is 2.21. The van der Waals surface area contributed by atoms with Gasteiger partial charge in [-0.25, -0.2) is 14.6 Å². The van der Waals surface area contributed by atoms with Crippen molar-refractivity contribution in [2.45, 2.75) is 19.9 Å². The molecule has 82 valence electrons. The Balaban J connectivity index is 2.83. The molecular formula is C9H13N3O3. The number of H-pyrrole nitrogens is 1. The van der Waals surface area contributed by atoms with E-state index in [9.17, 15) is 9.59 Å². The first-order chi connectivity index (χ1) is 7.00. The Kier molecular flexibility index (Phi) is 3.43. The second kappa shape index (κ2) is 4.59. The molecule has 6 heteroatoms. The Bertz CT molecular complexity index is 400. The zero-order chi connectivity index (χ0) is 11.4. The predicted octanol–water partition coefficient (Wildman–Crippen LogP) is 0.291. The maximum atomic E-state index is 10.9. The lowest BCUT2D eigenvalue weighted by Crippen LogP contribution is -2.35. The maximum Gasteiger partial charge on any atom is 0.346 e. The van der Waals surface area contributed by atoms with Gasteiger partial charge in [0.05, 0.1) is 0 Å². The van der Waals surface area contributed by atoms with E-state index >= 15 is 0 Å². The summed E-state index contributed by atoms with van der Waals surface area (Å²) in [5.41, 5.74) is -0.507. The van der Waals surface area contributed by atoms with E-state index in [1.54, 1.807) is 13.8 Å². The van der Waals surface area contributed by atoms with Crippen molar-refractivity contribution in [3.8, 4) is 0 Å². The van der Waals surface area contributed by atoms with Crippen LogP contribution in [-0.4, -0.2) is 27.1 Å². The topological polar surface area (TPSA) is 95.1 Å². The molecule has 0 spiro atoms. The minimum Gasteiger partial charge on any atom is -0.480 e. The number of hydrogen-bond donors (Lipinski definition) is 3. The minimum atomic E-state index is -0.956. The molecule has 0 radical (unpaired) electrons. The summed E-state index contributed by atoms with van der Waals surface area (Å²) in [4.78, 5) is 27.6. The van der Waals surface area contributed by atoms with Crippen LogP contribution in [-0.2, 0) is 4.79 Å². The highest BCUT2D eigenvalue weighted by molar-refractivity contribution is 5.77. The number of carbonyl (C=O) groups is 1. The van der Waals surface area contributed by atoms with Crippen molar-refractivity contribution in [2.24, 2.45) is 5.92 Å². The van der Waals surface area contributed by atoms with Crippen molar-refractivity contribution < 1.29 is 9.90 Å². The van der Waals surface area contributed by atoms with Gasteiger partial charge in [-0.15, -0.1) is 0 Å². The first kappa shape index (κ1) is 11.2. The molecule has 1 rings (SSSR count). The van der Waals surface area contributed by atoms with Gasteiger partial charge in [-0.3, -0.25) is 4.98 Å². The molecule has 0 fully saturated rings. The molecule has 1 atom stereocenters. The van der Waals surface area contributed by atoms with Crippen LogP contribution in [0.4, 0.5) is 5.82 Å². The summed E-state index contributed by atoms with van der Waals surface area (Å²) in [5.74, 6) is -0.682. The Morgan fingerprint density at radius 3 is 2.73 bits per heavy atom. The van der Waals surface area contributed by atoms with Gasteiger partial charge in [0.15, 0.2) is 0 Å². The molecule has 0 saturated heterocycles. The van der Waals surface area contributed by atoms with Crippen LogP contribution in [0.1, 0.15) is 13.8 Å². The molecule has 1 heterocycles. The number of nitrogens with one attached hydrogen (secondary N) is 2. The van der Waals surface area contributed by atoms with E-state index in [1.165, 1.54) is 12.3 Å². The molecular weight excluding hydrogens is 198 g/mol. The van der Waals surface area contributed by atoms with Crippen molar-refractivity contribution in [1.29, 1.82) is 0 Å². The summed E-state index contributed by atoms with van der Waals surface area (Å²) in [7, 11) is 0. The average Bonchev–Trinajstić information content (AvgIpc) is 2.13.